The van der Waals surface area contributed by atoms with Crippen molar-refractivity contribution in [1.29, 1.82) is 0 Å². The summed E-state index contributed by atoms with van der Waals surface area (Å²) in [5.41, 5.74) is 0.426. The Balaban J connectivity index is 2.26. The Morgan fingerprint density at radius 3 is 2.28 bits per heavy atom. The number of rotatable bonds is 5. The molecular weight excluding hydrogens is 241 g/mol. The SMILES string of the molecule is CCC1(C)CCN(C(C)CNCC(F)(F)F)CC1. The number of hydrogen-bond acceptors (Lipinski definition) is 2. The monoisotopic (exact) mass is 266 g/mol. The third-order valence-electron chi connectivity index (χ3n) is 4.25. The summed E-state index contributed by atoms with van der Waals surface area (Å²) in [6, 6.07) is 0.175. The van der Waals surface area contributed by atoms with Gasteiger partial charge >= 0.3 is 6.18 Å². The van der Waals surface area contributed by atoms with Gasteiger partial charge in [-0.1, -0.05) is 20.3 Å². The van der Waals surface area contributed by atoms with E-state index in [1.165, 1.54) is 6.42 Å². The van der Waals surface area contributed by atoms with Crippen molar-refractivity contribution in [2.75, 3.05) is 26.2 Å². The lowest BCUT2D eigenvalue weighted by atomic mass is 9.78. The zero-order chi connectivity index (χ0) is 13.8. The first-order chi connectivity index (χ1) is 8.26. The van der Waals surface area contributed by atoms with Gasteiger partial charge in [0.15, 0.2) is 0 Å². The Labute approximate surface area is 108 Å². The van der Waals surface area contributed by atoms with Gasteiger partial charge in [-0.05, 0) is 38.3 Å². The van der Waals surface area contributed by atoms with Gasteiger partial charge < -0.3 is 5.32 Å². The highest BCUT2D eigenvalue weighted by Crippen LogP contribution is 2.34. The fourth-order valence-corrected chi connectivity index (χ4v) is 2.41. The fraction of sp³-hybridized carbons (Fsp3) is 1.00. The first kappa shape index (κ1) is 15.8. The lowest BCUT2D eigenvalue weighted by Crippen LogP contribution is -2.47. The Bertz CT molecular complexity index is 245. The summed E-state index contributed by atoms with van der Waals surface area (Å²) in [6.07, 6.45) is -0.635. The number of piperidine rings is 1. The second-order valence-electron chi connectivity index (χ2n) is 5.80. The number of hydrogen-bond donors (Lipinski definition) is 1. The zero-order valence-corrected chi connectivity index (χ0v) is 11.6. The van der Waals surface area contributed by atoms with Crippen LogP contribution in [0.3, 0.4) is 0 Å². The molecule has 1 atom stereocenters. The molecule has 0 aromatic carbocycles. The molecule has 0 spiro atoms. The highest BCUT2D eigenvalue weighted by molar-refractivity contribution is 4.84. The van der Waals surface area contributed by atoms with E-state index in [1.54, 1.807) is 0 Å². The normalized spacial score (nSPS) is 23.0. The highest BCUT2D eigenvalue weighted by Gasteiger charge is 2.31. The molecule has 1 aliphatic heterocycles. The van der Waals surface area contributed by atoms with Gasteiger partial charge in [-0.15, -0.1) is 0 Å². The molecule has 1 unspecified atom stereocenters. The van der Waals surface area contributed by atoms with E-state index in [-0.39, 0.29) is 6.04 Å². The molecule has 1 saturated heterocycles. The first-order valence-corrected chi connectivity index (χ1v) is 6.77. The van der Waals surface area contributed by atoms with E-state index in [2.05, 4.69) is 24.1 Å². The second kappa shape index (κ2) is 6.24. The van der Waals surface area contributed by atoms with E-state index in [0.29, 0.717) is 12.0 Å². The summed E-state index contributed by atoms with van der Waals surface area (Å²) >= 11 is 0. The Hall–Kier alpha value is -0.290. The average molecular weight is 266 g/mol. The van der Waals surface area contributed by atoms with Gasteiger partial charge in [-0.2, -0.15) is 13.2 Å². The molecule has 1 heterocycles. The summed E-state index contributed by atoms with van der Waals surface area (Å²) in [5.74, 6) is 0. The topological polar surface area (TPSA) is 15.3 Å². The second-order valence-corrected chi connectivity index (χ2v) is 5.80. The maximum atomic E-state index is 12.0. The molecule has 0 aromatic heterocycles. The van der Waals surface area contributed by atoms with Crippen molar-refractivity contribution >= 4 is 0 Å². The van der Waals surface area contributed by atoms with Gasteiger partial charge in [0.05, 0.1) is 6.54 Å². The van der Waals surface area contributed by atoms with Gasteiger partial charge in [0, 0.05) is 12.6 Å². The molecule has 1 fully saturated rings. The number of alkyl halides is 3. The van der Waals surface area contributed by atoms with E-state index >= 15 is 0 Å². The minimum atomic E-state index is -4.11. The molecule has 0 radical (unpaired) electrons. The minimum absolute atomic E-state index is 0.175. The van der Waals surface area contributed by atoms with E-state index in [1.807, 2.05) is 6.92 Å². The first-order valence-electron chi connectivity index (χ1n) is 6.77. The number of nitrogens with one attached hydrogen (secondary N) is 1. The third-order valence-corrected chi connectivity index (χ3v) is 4.25. The van der Waals surface area contributed by atoms with Crippen LogP contribution in [0.4, 0.5) is 13.2 Å². The molecule has 0 bridgehead atoms. The van der Waals surface area contributed by atoms with Crippen molar-refractivity contribution in [2.24, 2.45) is 5.41 Å². The maximum absolute atomic E-state index is 12.0. The summed E-state index contributed by atoms with van der Waals surface area (Å²) < 4.78 is 36.1. The molecule has 0 aromatic rings. The number of halogens is 3. The predicted octanol–water partition coefficient (Wildman–Crippen LogP) is 3.04. The van der Waals surface area contributed by atoms with Crippen LogP contribution in [0, 0.1) is 5.41 Å². The van der Waals surface area contributed by atoms with Crippen molar-refractivity contribution in [3.63, 3.8) is 0 Å². The van der Waals surface area contributed by atoms with Crippen molar-refractivity contribution < 1.29 is 13.2 Å². The number of nitrogens with zero attached hydrogens (tertiary/aromatic N) is 1. The van der Waals surface area contributed by atoms with Crippen LogP contribution in [0.25, 0.3) is 0 Å². The predicted molar refractivity (Wildman–Crippen MR) is 67.6 cm³/mol. The van der Waals surface area contributed by atoms with Gasteiger partial charge in [0.25, 0.3) is 0 Å². The van der Waals surface area contributed by atoms with Crippen LogP contribution in [0.15, 0.2) is 0 Å². The van der Waals surface area contributed by atoms with Crippen LogP contribution >= 0.6 is 0 Å². The Kier molecular flexibility index (Phi) is 5.46. The van der Waals surface area contributed by atoms with E-state index in [4.69, 9.17) is 0 Å². The quantitative estimate of drug-likeness (QED) is 0.823. The maximum Gasteiger partial charge on any atom is 0.401 e. The van der Waals surface area contributed by atoms with Crippen molar-refractivity contribution in [2.45, 2.75) is 52.3 Å². The highest BCUT2D eigenvalue weighted by atomic mass is 19.4. The average Bonchev–Trinajstić information content (AvgIpc) is 2.28. The lowest BCUT2D eigenvalue weighted by Gasteiger charge is -2.41. The van der Waals surface area contributed by atoms with Gasteiger partial charge in [-0.3, -0.25) is 4.90 Å². The smallest absolute Gasteiger partial charge is 0.307 e. The van der Waals surface area contributed by atoms with Crippen molar-refractivity contribution in [3.05, 3.63) is 0 Å². The molecule has 2 nitrogen and oxygen atoms in total. The molecule has 1 aliphatic rings. The van der Waals surface area contributed by atoms with Crippen molar-refractivity contribution in [1.82, 2.24) is 10.2 Å². The number of likely N-dealkylation sites (tertiary alicyclic amines) is 1. The fourth-order valence-electron chi connectivity index (χ4n) is 2.41. The van der Waals surface area contributed by atoms with E-state index in [0.717, 1.165) is 25.9 Å². The van der Waals surface area contributed by atoms with Crippen molar-refractivity contribution in [3.8, 4) is 0 Å². The van der Waals surface area contributed by atoms with E-state index in [9.17, 15) is 13.2 Å². The van der Waals surface area contributed by atoms with Gasteiger partial charge in [0.2, 0.25) is 0 Å². The van der Waals surface area contributed by atoms with Crippen LogP contribution in [0.1, 0.15) is 40.0 Å². The molecule has 18 heavy (non-hydrogen) atoms. The summed E-state index contributed by atoms with van der Waals surface area (Å²) in [7, 11) is 0. The molecule has 1 rings (SSSR count). The molecule has 0 amide bonds. The summed E-state index contributed by atoms with van der Waals surface area (Å²) in [5, 5.41) is 2.49. The zero-order valence-electron chi connectivity index (χ0n) is 11.6. The molecular formula is C13H25F3N2. The Morgan fingerprint density at radius 1 is 1.28 bits per heavy atom. The van der Waals surface area contributed by atoms with Crippen LogP contribution in [-0.2, 0) is 0 Å². The van der Waals surface area contributed by atoms with Gasteiger partial charge in [-0.25, -0.2) is 0 Å². The molecule has 5 heteroatoms. The lowest BCUT2D eigenvalue weighted by molar-refractivity contribution is -0.125. The van der Waals surface area contributed by atoms with Crippen LogP contribution in [0.2, 0.25) is 0 Å². The molecule has 0 saturated carbocycles. The van der Waals surface area contributed by atoms with Crippen LogP contribution in [-0.4, -0.2) is 43.3 Å². The van der Waals surface area contributed by atoms with Crippen LogP contribution in [0.5, 0.6) is 0 Å². The molecule has 108 valence electrons. The molecule has 0 aliphatic carbocycles. The largest absolute Gasteiger partial charge is 0.401 e. The summed E-state index contributed by atoms with van der Waals surface area (Å²) in [6.45, 7) is 8.03. The van der Waals surface area contributed by atoms with Crippen LogP contribution < -0.4 is 5.32 Å². The van der Waals surface area contributed by atoms with E-state index < -0.39 is 12.7 Å². The Morgan fingerprint density at radius 2 is 1.83 bits per heavy atom. The minimum Gasteiger partial charge on any atom is -0.307 e. The third kappa shape index (κ3) is 5.14. The summed E-state index contributed by atoms with van der Waals surface area (Å²) in [4.78, 5) is 2.29. The standard InChI is InChI=1S/C13H25F3N2/c1-4-12(3)5-7-18(8-6-12)11(2)9-17-10-13(14,15)16/h11,17H,4-10H2,1-3H3. The van der Waals surface area contributed by atoms with Gasteiger partial charge in [0.1, 0.15) is 0 Å². The molecule has 1 N–H and O–H groups in total.